The summed E-state index contributed by atoms with van der Waals surface area (Å²) in [5.74, 6) is -0.117. The number of aromatic amines is 1. The highest BCUT2D eigenvalue weighted by atomic mass is 16.5. The number of H-pyrrole nitrogens is 1. The molecule has 0 saturated carbocycles. The molecule has 0 radical (unpaired) electrons. The minimum absolute atomic E-state index is 0.173. The number of amides is 1. The Hall–Kier alpha value is -3.72. The topological polar surface area (TPSA) is 120 Å². The summed E-state index contributed by atoms with van der Waals surface area (Å²) < 4.78 is 5.56. The maximum atomic E-state index is 12.8. The van der Waals surface area contributed by atoms with Crippen molar-refractivity contribution in [2.24, 2.45) is 0 Å². The van der Waals surface area contributed by atoms with E-state index in [2.05, 4.69) is 25.4 Å². The van der Waals surface area contributed by atoms with E-state index in [-0.39, 0.29) is 12.3 Å². The number of pyridine rings is 1. The minimum atomic E-state index is -0.761. The monoisotopic (exact) mass is 449 g/mol. The van der Waals surface area contributed by atoms with Gasteiger partial charge in [0.15, 0.2) is 0 Å². The van der Waals surface area contributed by atoms with Crippen LogP contribution in [0, 0.1) is 0 Å². The Bertz CT molecular complexity index is 1110. The van der Waals surface area contributed by atoms with E-state index in [0.717, 1.165) is 37.2 Å². The predicted molar refractivity (Wildman–Crippen MR) is 123 cm³/mol. The molecule has 3 heterocycles. The number of piperidine rings is 1. The number of carbonyl (C=O) groups is 2. The van der Waals surface area contributed by atoms with Crippen LogP contribution < -0.4 is 10.1 Å². The van der Waals surface area contributed by atoms with Gasteiger partial charge in [0.2, 0.25) is 0 Å². The zero-order chi connectivity index (χ0) is 23.2. The number of aromatic nitrogens is 3. The Morgan fingerprint density at radius 3 is 2.73 bits per heavy atom. The van der Waals surface area contributed by atoms with E-state index < -0.39 is 5.97 Å². The third-order valence-electron chi connectivity index (χ3n) is 5.93. The van der Waals surface area contributed by atoms with Crippen molar-refractivity contribution < 1.29 is 19.4 Å². The summed E-state index contributed by atoms with van der Waals surface area (Å²) in [6, 6.07) is 12.9. The van der Waals surface area contributed by atoms with E-state index in [9.17, 15) is 9.59 Å². The Kier molecular flexibility index (Phi) is 6.99. The first-order chi connectivity index (χ1) is 16.0. The number of likely N-dealkylation sites (tertiary alicyclic amines) is 1. The van der Waals surface area contributed by atoms with Gasteiger partial charge in [0, 0.05) is 12.7 Å². The quantitative estimate of drug-likeness (QED) is 0.482. The van der Waals surface area contributed by atoms with Gasteiger partial charge in [-0.25, -0.2) is 4.98 Å². The van der Waals surface area contributed by atoms with Crippen LogP contribution in [0.5, 0.6) is 5.75 Å². The lowest BCUT2D eigenvalue weighted by Crippen LogP contribution is -2.34. The van der Waals surface area contributed by atoms with Crippen LogP contribution in [0.15, 0.2) is 48.7 Å². The van der Waals surface area contributed by atoms with Crippen LogP contribution in [0.3, 0.4) is 0 Å². The first-order valence-corrected chi connectivity index (χ1v) is 10.9. The summed E-state index contributed by atoms with van der Waals surface area (Å²) in [5.41, 5.74) is 3.40. The fraction of sp³-hybridized carbons (Fsp3) is 0.333. The molecule has 1 aliphatic heterocycles. The number of anilines is 1. The zero-order valence-corrected chi connectivity index (χ0v) is 18.5. The number of carbonyl (C=O) groups excluding carboxylic acids is 1. The van der Waals surface area contributed by atoms with Crippen LogP contribution in [-0.4, -0.2) is 63.8 Å². The normalized spacial score (nSPS) is 14.7. The summed E-state index contributed by atoms with van der Waals surface area (Å²) in [6.07, 6.45) is 3.72. The number of benzene rings is 1. The van der Waals surface area contributed by atoms with Crippen LogP contribution in [0.4, 0.5) is 5.69 Å². The summed E-state index contributed by atoms with van der Waals surface area (Å²) >= 11 is 0. The van der Waals surface area contributed by atoms with Gasteiger partial charge >= 0.3 is 5.97 Å². The fourth-order valence-electron chi connectivity index (χ4n) is 4.10. The Labute approximate surface area is 191 Å². The van der Waals surface area contributed by atoms with Gasteiger partial charge in [0.25, 0.3) is 5.91 Å². The van der Waals surface area contributed by atoms with E-state index in [0.29, 0.717) is 35.3 Å². The molecule has 1 aliphatic rings. The lowest BCUT2D eigenvalue weighted by atomic mass is 9.89. The highest BCUT2D eigenvalue weighted by Crippen LogP contribution is 2.34. The Balaban J connectivity index is 1.42. The van der Waals surface area contributed by atoms with E-state index in [4.69, 9.17) is 9.84 Å². The summed E-state index contributed by atoms with van der Waals surface area (Å²) in [6.45, 7) is 2.33. The van der Waals surface area contributed by atoms with Crippen molar-refractivity contribution in [2.45, 2.75) is 25.2 Å². The molecule has 2 aromatic heterocycles. The molecule has 172 valence electrons. The number of ether oxygens (including phenoxy) is 1. The Morgan fingerprint density at radius 1 is 1.21 bits per heavy atom. The second kappa shape index (κ2) is 10.3. The number of aliphatic carboxylic acids is 1. The van der Waals surface area contributed by atoms with Gasteiger partial charge in [-0.15, -0.1) is 0 Å². The molecule has 0 spiro atoms. The van der Waals surface area contributed by atoms with Crippen LogP contribution in [0.2, 0.25) is 0 Å². The van der Waals surface area contributed by atoms with Crippen LogP contribution in [0.25, 0.3) is 11.4 Å². The molecule has 9 heteroatoms. The largest absolute Gasteiger partial charge is 0.495 e. The molecule has 1 amide bonds. The molecule has 3 N–H and O–H groups in total. The van der Waals surface area contributed by atoms with Gasteiger partial charge in [0.1, 0.15) is 11.4 Å². The molecule has 33 heavy (non-hydrogen) atoms. The highest BCUT2D eigenvalue weighted by Gasteiger charge is 2.22. The number of nitrogens with one attached hydrogen (secondary N) is 2. The van der Waals surface area contributed by atoms with E-state index in [1.54, 1.807) is 31.5 Å². The molecule has 1 aromatic carbocycles. The average Bonchev–Trinajstić information content (AvgIpc) is 3.38. The van der Waals surface area contributed by atoms with Crippen molar-refractivity contribution in [1.82, 2.24) is 20.1 Å². The number of hydrogen-bond acceptors (Lipinski definition) is 6. The van der Waals surface area contributed by atoms with Gasteiger partial charge in [-0.2, -0.15) is 5.10 Å². The molecular formula is C24H27N5O4. The van der Waals surface area contributed by atoms with Crippen molar-refractivity contribution in [1.29, 1.82) is 0 Å². The van der Waals surface area contributed by atoms with Gasteiger partial charge in [-0.3, -0.25) is 14.7 Å². The molecule has 9 nitrogen and oxygen atoms in total. The molecule has 0 bridgehead atoms. The molecular weight excluding hydrogens is 422 g/mol. The van der Waals surface area contributed by atoms with Gasteiger partial charge in [-0.05, 0) is 67.7 Å². The van der Waals surface area contributed by atoms with E-state index >= 15 is 0 Å². The van der Waals surface area contributed by atoms with Crippen molar-refractivity contribution in [3.8, 4) is 17.1 Å². The molecule has 3 aromatic rings. The summed E-state index contributed by atoms with van der Waals surface area (Å²) in [5, 5.41) is 18.5. The molecule has 0 atom stereocenters. The van der Waals surface area contributed by atoms with Crippen molar-refractivity contribution >= 4 is 17.6 Å². The summed E-state index contributed by atoms with van der Waals surface area (Å²) in [7, 11) is 1.58. The number of methoxy groups -OCH3 is 1. The lowest BCUT2D eigenvalue weighted by molar-refractivity contribution is -0.137. The second-order valence-corrected chi connectivity index (χ2v) is 8.05. The van der Waals surface area contributed by atoms with Crippen LogP contribution in [-0.2, 0) is 4.79 Å². The van der Waals surface area contributed by atoms with Crippen LogP contribution in [0.1, 0.15) is 41.2 Å². The van der Waals surface area contributed by atoms with Gasteiger partial charge < -0.3 is 20.1 Å². The first-order valence-electron chi connectivity index (χ1n) is 10.9. The molecule has 1 saturated heterocycles. The van der Waals surface area contributed by atoms with Crippen LogP contribution >= 0.6 is 0 Å². The predicted octanol–water partition coefficient (Wildman–Crippen LogP) is 3.39. The summed E-state index contributed by atoms with van der Waals surface area (Å²) in [4.78, 5) is 30.2. The zero-order valence-electron chi connectivity index (χ0n) is 18.5. The lowest BCUT2D eigenvalue weighted by Gasteiger charge is -2.32. The number of nitrogens with zero attached hydrogens (tertiary/aromatic N) is 3. The number of hydrogen-bond donors (Lipinski definition) is 3. The molecule has 0 unspecified atom stereocenters. The minimum Gasteiger partial charge on any atom is -0.495 e. The van der Waals surface area contributed by atoms with Gasteiger partial charge in [0.05, 0.1) is 30.6 Å². The smallest absolute Gasteiger partial charge is 0.304 e. The molecule has 1 fully saturated rings. The van der Waals surface area contributed by atoms with Crippen molar-refractivity contribution in [3.63, 3.8) is 0 Å². The third kappa shape index (κ3) is 5.56. The number of carboxylic acid groups (broad SMARTS) is 1. The standard InChI is InChI=1S/C24H27N5O4/c1-33-22-15-17(16-8-12-29(13-9-16)14-10-23(30)31)5-6-20(22)27-24(32)21-4-2-3-18(26-21)19-7-11-25-28-19/h2-7,11,15-16H,8-10,12-14H2,1H3,(H,25,28)(H,27,32)(H,30,31). The molecule has 0 aliphatic carbocycles. The third-order valence-corrected chi connectivity index (χ3v) is 5.93. The first kappa shape index (κ1) is 22.5. The number of rotatable bonds is 8. The molecule has 4 rings (SSSR count). The van der Waals surface area contributed by atoms with Crippen molar-refractivity contribution in [2.75, 3.05) is 32.1 Å². The van der Waals surface area contributed by atoms with Gasteiger partial charge in [-0.1, -0.05) is 12.1 Å². The SMILES string of the molecule is COc1cc(C2CCN(CCC(=O)O)CC2)ccc1NC(=O)c1cccc(-c2ccn[nH]2)n1. The van der Waals surface area contributed by atoms with Crippen molar-refractivity contribution in [3.05, 3.63) is 59.9 Å². The highest BCUT2D eigenvalue weighted by molar-refractivity contribution is 6.04. The average molecular weight is 450 g/mol. The second-order valence-electron chi connectivity index (χ2n) is 8.05. The maximum Gasteiger partial charge on any atom is 0.304 e. The fourth-order valence-corrected chi connectivity index (χ4v) is 4.10. The maximum absolute atomic E-state index is 12.8. The number of carboxylic acids is 1. The van der Waals surface area contributed by atoms with E-state index in [1.807, 2.05) is 24.3 Å². The van der Waals surface area contributed by atoms with E-state index in [1.165, 1.54) is 0 Å². The Morgan fingerprint density at radius 2 is 2.03 bits per heavy atom.